The minimum absolute atomic E-state index is 0.0806. The van der Waals surface area contributed by atoms with Crippen molar-refractivity contribution >= 4 is 28.7 Å². The predicted octanol–water partition coefficient (Wildman–Crippen LogP) is 3.63. The van der Waals surface area contributed by atoms with Crippen molar-refractivity contribution < 1.29 is 4.79 Å². The molecule has 0 N–H and O–H groups in total. The van der Waals surface area contributed by atoms with E-state index in [1.807, 2.05) is 19.2 Å². The van der Waals surface area contributed by atoms with Gasteiger partial charge in [0.25, 0.3) is 0 Å². The van der Waals surface area contributed by atoms with Crippen LogP contribution in [0.3, 0.4) is 0 Å². The third-order valence-electron chi connectivity index (χ3n) is 1.94. The third-order valence-corrected chi connectivity index (χ3v) is 3.11. The maximum atomic E-state index is 11.6. The van der Waals surface area contributed by atoms with Gasteiger partial charge in [-0.05, 0) is 17.9 Å². The number of thiophene rings is 1. The van der Waals surface area contributed by atoms with Gasteiger partial charge in [-0.2, -0.15) is 0 Å². The summed E-state index contributed by atoms with van der Waals surface area (Å²) in [5, 5.41) is 1.85. The smallest absolute Gasteiger partial charge is 0.168 e. The maximum Gasteiger partial charge on any atom is 0.168 e. The summed E-state index contributed by atoms with van der Waals surface area (Å²) in [6.45, 7) is 3.93. The SMILES string of the molecule is CCC(C)C(=O)c1ccsc1Cl. The number of rotatable bonds is 3. The first-order valence-electron chi connectivity index (χ1n) is 3.94. The molecule has 1 heterocycles. The van der Waals surface area contributed by atoms with E-state index in [9.17, 15) is 4.79 Å². The molecule has 0 radical (unpaired) electrons. The second-order valence-electron chi connectivity index (χ2n) is 2.78. The van der Waals surface area contributed by atoms with Crippen molar-refractivity contribution in [3.8, 4) is 0 Å². The third kappa shape index (κ3) is 1.87. The van der Waals surface area contributed by atoms with Gasteiger partial charge in [-0.3, -0.25) is 4.79 Å². The first-order valence-corrected chi connectivity index (χ1v) is 5.19. The molecule has 0 aliphatic rings. The summed E-state index contributed by atoms with van der Waals surface area (Å²) in [6, 6.07) is 1.79. The van der Waals surface area contributed by atoms with E-state index in [-0.39, 0.29) is 11.7 Å². The fourth-order valence-electron chi connectivity index (χ4n) is 0.921. The van der Waals surface area contributed by atoms with Crippen molar-refractivity contribution in [3.05, 3.63) is 21.3 Å². The van der Waals surface area contributed by atoms with Crippen LogP contribution >= 0.6 is 22.9 Å². The first kappa shape index (κ1) is 9.75. The molecule has 1 nitrogen and oxygen atoms in total. The van der Waals surface area contributed by atoms with Crippen LogP contribution in [-0.4, -0.2) is 5.78 Å². The van der Waals surface area contributed by atoms with E-state index < -0.39 is 0 Å². The molecule has 0 bridgehead atoms. The molecule has 1 aromatic heterocycles. The zero-order valence-corrected chi connectivity index (χ0v) is 8.71. The van der Waals surface area contributed by atoms with Gasteiger partial charge < -0.3 is 0 Å². The number of halogens is 1. The fraction of sp³-hybridized carbons (Fsp3) is 0.444. The molecule has 0 aliphatic carbocycles. The first-order chi connectivity index (χ1) is 5.66. The van der Waals surface area contributed by atoms with Crippen molar-refractivity contribution in [2.75, 3.05) is 0 Å². The Bertz CT molecular complexity index is 280. The topological polar surface area (TPSA) is 17.1 Å². The quantitative estimate of drug-likeness (QED) is 0.685. The van der Waals surface area contributed by atoms with Gasteiger partial charge in [0, 0.05) is 11.5 Å². The van der Waals surface area contributed by atoms with Crippen LogP contribution in [0, 0.1) is 5.92 Å². The molecule has 3 heteroatoms. The van der Waals surface area contributed by atoms with Crippen molar-refractivity contribution in [2.45, 2.75) is 20.3 Å². The van der Waals surface area contributed by atoms with Crippen LogP contribution in [0.15, 0.2) is 11.4 Å². The standard InChI is InChI=1S/C9H11ClOS/c1-3-6(2)8(11)7-4-5-12-9(7)10/h4-6H,3H2,1-2H3. The van der Waals surface area contributed by atoms with Gasteiger partial charge in [-0.15, -0.1) is 11.3 Å². The molecule has 0 amide bonds. The van der Waals surface area contributed by atoms with Crippen LogP contribution in [0.25, 0.3) is 0 Å². The van der Waals surface area contributed by atoms with Crippen LogP contribution in [0.1, 0.15) is 30.6 Å². The molecule has 12 heavy (non-hydrogen) atoms. The highest BCUT2D eigenvalue weighted by Crippen LogP contribution is 2.25. The molecule has 1 atom stereocenters. The van der Waals surface area contributed by atoms with E-state index in [2.05, 4.69) is 0 Å². The van der Waals surface area contributed by atoms with Crippen LogP contribution in [0.5, 0.6) is 0 Å². The molecule has 66 valence electrons. The van der Waals surface area contributed by atoms with Gasteiger partial charge in [0.2, 0.25) is 0 Å². The van der Waals surface area contributed by atoms with Crippen LogP contribution in [0.4, 0.5) is 0 Å². The van der Waals surface area contributed by atoms with Gasteiger partial charge in [0.15, 0.2) is 5.78 Å². The van der Waals surface area contributed by atoms with E-state index in [1.165, 1.54) is 11.3 Å². The minimum atomic E-state index is 0.0806. The van der Waals surface area contributed by atoms with Crippen molar-refractivity contribution in [1.29, 1.82) is 0 Å². The second kappa shape index (κ2) is 4.06. The Balaban J connectivity index is 2.85. The number of carbonyl (C=O) groups is 1. The molecule has 1 aromatic rings. The number of Topliss-reactive ketones (excluding diaryl/α,β-unsaturated/α-hetero) is 1. The van der Waals surface area contributed by atoms with Crippen molar-refractivity contribution in [1.82, 2.24) is 0 Å². The zero-order valence-electron chi connectivity index (χ0n) is 7.13. The molecule has 0 fully saturated rings. The Morgan fingerprint density at radius 2 is 2.42 bits per heavy atom. The molecule has 0 aromatic carbocycles. The monoisotopic (exact) mass is 202 g/mol. The molecule has 0 aliphatic heterocycles. The van der Waals surface area contributed by atoms with Gasteiger partial charge >= 0.3 is 0 Å². The van der Waals surface area contributed by atoms with Gasteiger partial charge in [0.05, 0.1) is 0 Å². The Morgan fingerprint density at radius 1 is 1.75 bits per heavy atom. The van der Waals surface area contributed by atoms with Crippen molar-refractivity contribution in [2.24, 2.45) is 5.92 Å². The largest absolute Gasteiger partial charge is 0.294 e. The summed E-state index contributed by atoms with van der Waals surface area (Å²) >= 11 is 7.24. The lowest BCUT2D eigenvalue weighted by Crippen LogP contribution is -2.09. The predicted molar refractivity (Wildman–Crippen MR) is 53.1 cm³/mol. The van der Waals surface area contributed by atoms with Gasteiger partial charge in [-0.25, -0.2) is 0 Å². The lowest BCUT2D eigenvalue weighted by atomic mass is 9.99. The number of carbonyl (C=O) groups excluding carboxylic acids is 1. The summed E-state index contributed by atoms with van der Waals surface area (Å²) in [5.41, 5.74) is 0.677. The molecule has 0 spiro atoms. The van der Waals surface area contributed by atoms with Crippen molar-refractivity contribution in [3.63, 3.8) is 0 Å². The van der Waals surface area contributed by atoms with E-state index in [4.69, 9.17) is 11.6 Å². The maximum absolute atomic E-state index is 11.6. The van der Waals surface area contributed by atoms with E-state index >= 15 is 0 Å². The average molecular weight is 203 g/mol. The Labute approximate surface area is 81.4 Å². The van der Waals surface area contributed by atoms with E-state index in [0.29, 0.717) is 9.90 Å². The van der Waals surface area contributed by atoms with E-state index in [0.717, 1.165) is 6.42 Å². The average Bonchev–Trinajstić information content (AvgIpc) is 2.48. The van der Waals surface area contributed by atoms with Gasteiger partial charge in [0.1, 0.15) is 4.34 Å². The highest BCUT2D eigenvalue weighted by atomic mass is 35.5. The lowest BCUT2D eigenvalue weighted by Gasteiger charge is -2.04. The second-order valence-corrected chi connectivity index (χ2v) is 4.30. The fourth-order valence-corrected chi connectivity index (χ4v) is 1.85. The molecular formula is C9H11ClOS. The highest BCUT2D eigenvalue weighted by molar-refractivity contribution is 7.14. The molecular weight excluding hydrogens is 192 g/mol. The molecule has 1 unspecified atom stereocenters. The Morgan fingerprint density at radius 3 is 2.83 bits per heavy atom. The lowest BCUT2D eigenvalue weighted by molar-refractivity contribution is 0.0928. The number of hydrogen-bond donors (Lipinski definition) is 0. The normalized spacial score (nSPS) is 12.9. The zero-order chi connectivity index (χ0) is 9.14. The highest BCUT2D eigenvalue weighted by Gasteiger charge is 2.16. The molecule has 0 saturated heterocycles. The summed E-state index contributed by atoms with van der Waals surface area (Å²) < 4.78 is 0.611. The Kier molecular flexibility index (Phi) is 3.29. The van der Waals surface area contributed by atoms with Gasteiger partial charge in [-0.1, -0.05) is 25.4 Å². The van der Waals surface area contributed by atoms with E-state index in [1.54, 1.807) is 6.07 Å². The summed E-state index contributed by atoms with van der Waals surface area (Å²) in [6.07, 6.45) is 0.866. The van der Waals surface area contributed by atoms with Crippen LogP contribution in [0.2, 0.25) is 4.34 Å². The summed E-state index contributed by atoms with van der Waals surface area (Å²) in [4.78, 5) is 11.6. The Hall–Kier alpha value is -0.340. The summed E-state index contributed by atoms with van der Waals surface area (Å²) in [5.74, 6) is 0.237. The molecule has 0 saturated carbocycles. The van der Waals surface area contributed by atoms with Crippen LogP contribution in [-0.2, 0) is 0 Å². The molecule has 1 rings (SSSR count). The number of ketones is 1. The summed E-state index contributed by atoms with van der Waals surface area (Å²) in [7, 11) is 0. The number of hydrogen-bond acceptors (Lipinski definition) is 2. The minimum Gasteiger partial charge on any atom is -0.294 e. The van der Waals surface area contributed by atoms with Crippen LogP contribution < -0.4 is 0 Å².